The van der Waals surface area contributed by atoms with Gasteiger partial charge >= 0.3 is 0 Å². The normalized spacial score (nSPS) is 10.5. The zero-order chi connectivity index (χ0) is 15.6. The van der Waals surface area contributed by atoms with Crippen LogP contribution in [0.15, 0.2) is 39.3 Å². The van der Waals surface area contributed by atoms with Crippen molar-refractivity contribution in [3.05, 3.63) is 56.2 Å². The summed E-state index contributed by atoms with van der Waals surface area (Å²) in [5.41, 5.74) is 7.47. The van der Waals surface area contributed by atoms with Crippen LogP contribution in [0.25, 0.3) is 0 Å². The molecule has 110 valence electrons. The first-order chi connectivity index (χ1) is 9.92. The zero-order valence-corrected chi connectivity index (χ0v) is 14.4. The highest BCUT2D eigenvalue weighted by molar-refractivity contribution is 9.10. The Labute approximate surface area is 139 Å². The molecular formula is C15H13Br2FN2O. The number of anilines is 2. The van der Waals surface area contributed by atoms with Gasteiger partial charge in [0.05, 0.1) is 11.3 Å². The molecule has 2 rings (SSSR count). The van der Waals surface area contributed by atoms with E-state index in [2.05, 4.69) is 37.2 Å². The Kier molecular flexibility index (Phi) is 5.00. The van der Waals surface area contributed by atoms with Crippen molar-refractivity contribution in [1.82, 2.24) is 0 Å². The second-order valence-electron chi connectivity index (χ2n) is 4.46. The summed E-state index contributed by atoms with van der Waals surface area (Å²) >= 11 is 6.58. The molecule has 0 bridgehead atoms. The first-order valence-electron chi connectivity index (χ1n) is 6.26. The van der Waals surface area contributed by atoms with Crippen LogP contribution in [0.3, 0.4) is 0 Å². The fourth-order valence-corrected chi connectivity index (χ4v) is 2.81. The Bertz CT molecular complexity index is 704. The van der Waals surface area contributed by atoms with Crippen LogP contribution in [-0.4, -0.2) is 5.91 Å². The lowest BCUT2D eigenvalue weighted by Crippen LogP contribution is -2.14. The third kappa shape index (κ3) is 3.63. The predicted molar refractivity (Wildman–Crippen MR) is 90.0 cm³/mol. The maximum absolute atomic E-state index is 13.3. The molecule has 0 saturated carbocycles. The van der Waals surface area contributed by atoms with E-state index in [9.17, 15) is 9.18 Å². The van der Waals surface area contributed by atoms with E-state index >= 15 is 0 Å². The highest BCUT2D eigenvalue weighted by atomic mass is 79.9. The lowest BCUT2D eigenvalue weighted by Gasteiger charge is -2.12. The van der Waals surface area contributed by atoms with Crippen LogP contribution in [-0.2, 0) is 6.42 Å². The number of nitrogens with two attached hydrogens (primary N) is 1. The topological polar surface area (TPSA) is 55.1 Å². The fourth-order valence-electron chi connectivity index (χ4n) is 1.91. The number of nitrogens with one attached hydrogen (secondary N) is 1. The van der Waals surface area contributed by atoms with Gasteiger partial charge in [0.15, 0.2) is 0 Å². The Hall–Kier alpha value is -1.40. The molecule has 0 heterocycles. The Morgan fingerprint density at radius 1 is 1.29 bits per heavy atom. The molecule has 6 heteroatoms. The van der Waals surface area contributed by atoms with Gasteiger partial charge in [-0.1, -0.05) is 22.9 Å². The van der Waals surface area contributed by atoms with Gasteiger partial charge in [0.25, 0.3) is 5.91 Å². The molecule has 0 fully saturated rings. The number of halogens is 3. The van der Waals surface area contributed by atoms with Gasteiger partial charge in [-0.25, -0.2) is 4.39 Å². The molecule has 3 nitrogen and oxygen atoms in total. The van der Waals surface area contributed by atoms with Gasteiger partial charge in [0.1, 0.15) is 5.82 Å². The molecule has 1 amide bonds. The number of amides is 1. The van der Waals surface area contributed by atoms with E-state index in [4.69, 9.17) is 5.73 Å². The number of hydrogen-bond donors (Lipinski definition) is 2. The second-order valence-corrected chi connectivity index (χ2v) is 6.23. The maximum atomic E-state index is 13.3. The number of nitrogen functional groups attached to an aromatic ring is 1. The summed E-state index contributed by atoms with van der Waals surface area (Å²) in [5, 5.41) is 2.82. The maximum Gasteiger partial charge on any atom is 0.256 e. The summed E-state index contributed by atoms with van der Waals surface area (Å²) in [7, 11) is 0. The monoisotopic (exact) mass is 414 g/mol. The number of benzene rings is 2. The lowest BCUT2D eigenvalue weighted by molar-refractivity contribution is 0.102. The summed E-state index contributed by atoms with van der Waals surface area (Å²) in [6.07, 6.45) is 0.780. The summed E-state index contributed by atoms with van der Waals surface area (Å²) < 4.78 is 14.6. The van der Waals surface area contributed by atoms with Gasteiger partial charge in [0.2, 0.25) is 0 Å². The van der Waals surface area contributed by atoms with E-state index in [1.54, 1.807) is 0 Å². The van der Waals surface area contributed by atoms with Crippen LogP contribution in [0.4, 0.5) is 15.8 Å². The van der Waals surface area contributed by atoms with Gasteiger partial charge in [0, 0.05) is 14.6 Å². The summed E-state index contributed by atoms with van der Waals surface area (Å²) in [5.74, 6) is -0.901. The fraction of sp³-hybridized carbons (Fsp3) is 0.133. The highest BCUT2D eigenvalue weighted by Crippen LogP contribution is 2.26. The van der Waals surface area contributed by atoms with Gasteiger partial charge < -0.3 is 11.1 Å². The van der Waals surface area contributed by atoms with E-state index in [0.717, 1.165) is 22.1 Å². The summed E-state index contributed by atoms with van der Waals surface area (Å²) in [6, 6.07) is 8.12. The smallest absolute Gasteiger partial charge is 0.256 e. The summed E-state index contributed by atoms with van der Waals surface area (Å²) in [4.78, 5) is 12.3. The van der Waals surface area contributed by atoms with Crippen molar-refractivity contribution in [2.45, 2.75) is 13.3 Å². The molecule has 21 heavy (non-hydrogen) atoms. The van der Waals surface area contributed by atoms with Crippen LogP contribution < -0.4 is 11.1 Å². The van der Waals surface area contributed by atoms with Crippen molar-refractivity contribution in [2.24, 2.45) is 0 Å². The molecule has 2 aromatic carbocycles. The van der Waals surface area contributed by atoms with Crippen LogP contribution in [0.5, 0.6) is 0 Å². The second kappa shape index (κ2) is 6.58. The largest absolute Gasteiger partial charge is 0.396 e. The van der Waals surface area contributed by atoms with Crippen molar-refractivity contribution in [3.63, 3.8) is 0 Å². The van der Waals surface area contributed by atoms with Crippen molar-refractivity contribution >= 4 is 49.1 Å². The molecule has 0 aliphatic rings. The lowest BCUT2D eigenvalue weighted by atomic mass is 10.1. The van der Waals surface area contributed by atoms with Crippen LogP contribution in [0.1, 0.15) is 22.8 Å². The number of aryl methyl sites for hydroxylation is 1. The van der Waals surface area contributed by atoms with E-state index in [0.29, 0.717) is 10.0 Å². The first kappa shape index (κ1) is 16.0. The molecule has 0 aromatic heterocycles. The van der Waals surface area contributed by atoms with Gasteiger partial charge in [-0.2, -0.15) is 0 Å². The van der Waals surface area contributed by atoms with E-state index in [-0.39, 0.29) is 11.6 Å². The third-order valence-corrected chi connectivity index (χ3v) is 4.18. The summed E-state index contributed by atoms with van der Waals surface area (Å²) in [6.45, 7) is 2.00. The standard InChI is InChI=1S/C15H13Br2FN2O/c1-2-8-5-9(16)3-4-14(8)20-15(21)10-6-13(19)12(18)7-11(10)17/h3-7H,2,19H2,1H3,(H,20,21). The van der Waals surface area contributed by atoms with Gasteiger partial charge in [-0.05, 0) is 58.2 Å². The van der Waals surface area contributed by atoms with Crippen molar-refractivity contribution < 1.29 is 9.18 Å². The minimum absolute atomic E-state index is 0.0603. The molecule has 0 atom stereocenters. The Morgan fingerprint density at radius 2 is 2.00 bits per heavy atom. The molecule has 3 N–H and O–H groups in total. The van der Waals surface area contributed by atoms with E-state index in [1.165, 1.54) is 12.1 Å². The third-order valence-electron chi connectivity index (χ3n) is 3.03. The van der Waals surface area contributed by atoms with E-state index < -0.39 is 5.82 Å². The number of carbonyl (C=O) groups is 1. The first-order valence-corrected chi connectivity index (χ1v) is 7.85. The number of carbonyl (C=O) groups excluding carboxylic acids is 1. The average Bonchev–Trinajstić information content (AvgIpc) is 2.44. The molecule has 0 aliphatic heterocycles. The minimum Gasteiger partial charge on any atom is -0.396 e. The quantitative estimate of drug-likeness (QED) is 0.710. The van der Waals surface area contributed by atoms with Crippen LogP contribution in [0, 0.1) is 5.82 Å². The molecular weight excluding hydrogens is 403 g/mol. The highest BCUT2D eigenvalue weighted by Gasteiger charge is 2.14. The number of rotatable bonds is 3. The molecule has 0 aliphatic carbocycles. The van der Waals surface area contributed by atoms with Crippen LogP contribution >= 0.6 is 31.9 Å². The SMILES string of the molecule is CCc1cc(Br)ccc1NC(=O)c1cc(N)c(F)cc1Br. The van der Waals surface area contributed by atoms with Crippen molar-refractivity contribution in [3.8, 4) is 0 Å². The van der Waals surface area contributed by atoms with Gasteiger partial charge in [-0.3, -0.25) is 4.79 Å². The van der Waals surface area contributed by atoms with Gasteiger partial charge in [-0.15, -0.1) is 0 Å². The van der Waals surface area contributed by atoms with Crippen molar-refractivity contribution in [2.75, 3.05) is 11.1 Å². The minimum atomic E-state index is -0.559. The molecule has 0 radical (unpaired) electrons. The molecule has 2 aromatic rings. The zero-order valence-electron chi connectivity index (χ0n) is 11.2. The average molecular weight is 416 g/mol. The number of hydrogen-bond acceptors (Lipinski definition) is 2. The molecule has 0 unspecified atom stereocenters. The Balaban J connectivity index is 2.32. The molecule has 0 spiro atoms. The predicted octanol–water partition coefficient (Wildman–Crippen LogP) is 4.75. The van der Waals surface area contributed by atoms with Crippen molar-refractivity contribution in [1.29, 1.82) is 0 Å². The Morgan fingerprint density at radius 3 is 2.67 bits per heavy atom. The van der Waals surface area contributed by atoms with E-state index in [1.807, 2.05) is 25.1 Å². The molecule has 0 saturated heterocycles. The van der Waals surface area contributed by atoms with Crippen LogP contribution in [0.2, 0.25) is 0 Å².